The SMILES string of the molecule is Cc1cc2c(cc1/C=C/CN)OC(C)(C)O2. The maximum atomic E-state index is 5.68. The van der Waals surface area contributed by atoms with Gasteiger partial charge in [-0.15, -0.1) is 0 Å². The number of ether oxygens (including phenoxy) is 2. The monoisotopic (exact) mass is 219 g/mol. The molecule has 86 valence electrons. The van der Waals surface area contributed by atoms with E-state index in [1.54, 1.807) is 0 Å². The average Bonchev–Trinajstić information content (AvgIpc) is 2.47. The molecule has 0 saturated heterocycles. The third-order valence-corrected chi connectivity index (χ3v) is 2.48. The van der Waals surface area contributed by atoms with Crippen LogP contribution in [0.5, 0.6) is 11.5 Å². The lowest BCUT2D eigenvalue weighted by Gasteiger charge is -2.16. The number of hydrogen-bond acceptors (Lipinski definition) is 3. The Morgan fingerprint density at radius 3 is 2.50 bits per heavy atom. The number of fused-ring (bicyclic) bond motifs is 1. The summed E-state index contributed by atoms with van der Waals surface area (Å²) in [4.78, 5) is 0. The van der Waals surface area contributed by atoms with Gasteiger partial charge in [-0.3, -0.25) is 0 Å². The maximum absolute atomic E-state index is 5.68. The molecule has 1 aliphatic rings. The molecule has 0 saturated carbocycles. The number of rotatable bonds is 2. The van der Waals surface area contributed by atoms with E-state index in [4.69, 9.17) is 15.2 Å². The lowest BCUT2D eigenvalue weighted by Crippen LogP contribution is -2.29. The Bertz CT molecular complexity index is 436. The minimum atomic E-state index is -0.565. The average molecular weight is 219 g/mol. The fourth-order valence-corrected chi connectivity index (χ4v) is 1.76. The lowest BCUT2D eigenvalue weighted by molar-refractivity contribution is -0.0431. The van der Waals surface area contributed by atoms with Crippen LogP contribution >= 0.6 is 0 Å². The summed E-state index contributed by atoms with van der Waals surface area (Å²) in [6, 6.07) is 3.99. The molecular formula is C13H17NO2. The van der Waals surface area contributed by atoms with Crippen molar-refractivity contribution in [3.8, 4) is 11.5 Å². The summed E-state index contributed by atoms with van der Waals surface area (Å²) in [7, 11) is 0. The first kappa shape index (κ1) is 11.0. The van der Waals surface area contributed by atoms with E-state index in [0.29, 0.717) is 6.54 Å². The van der Waals surface area contributed by atoms with Crippen LogP contribution in [0.1, 0.15) is 25.0 Å². The van der Waals surface area contributed by atoms with Crippen LogP contribution in [0.15, 0.2) is 18.2 Å². The van der Waals surface area contributed by atoms with E-state index in [1.807, 2.05) is 45.1 Å². The highest BCUT2D eigenvalue weighted by atomic mass is 16.7. The molecule has 3 nitrogen and oxygen atoms in total. The molecule has 0 atom stereocenters. The summed E-state index contributed by atoms with van der Waals surface area (Å²) in [5.74, 6) is 1.05. The first-order chi connectivity index (χ1) is 7.52. The summed E-state index contributed by atoms with van der Waals surface area (Å²) in [5.41, 5.74) is 7.71. The smallest absolute Gasteiger partial charge is 0.246 e. The molecule has 3 heteroatoms. The summed E-state index contributed by atoms with van der Waals surface area (Å²) in [6.07, 6.45) is 3.93. The lowest BCUT2D eigenvalue weighted by atomic mass is 10.1. The zero-order valence-electron chi connectivity index (χ0n) is 9.91. The third-order valence-electron chi connectivity index (χ3n) is 2.48. The minimum Gasteiger partial charge on any atom is -0.449 e. The van der Waals surface area contributed by atoms with E-state index in [1.165, 1.54) is 0 Å². The minimum absolute atomic E-state index is 0.541. The van der Waals surface area contributed by atoms with Gasteiger partial charge in [-0.05, 0) is 30.2 Å². The van der Waals surface area contributed by atoms with Crippen LogP contribution in [0.3, 0.4) is 0 Å². The Morgan fingerprint density at radius 2 is 1.88 bits per heavy atom. The van der Waals surface area contributed by atoms with Gasteiger partial charge >= 0.3 is 0 Å². The van der Waals surface area contributed by atoms with Gasteiger partial charge in [-0.1, -0.05) is 12.2 Å². The van der Waals surface area contributed by atoms with Crippen LogP contribution < -0.4 is 15.2 Å². The van der Waals surface area contributed by atoms with Crippen molar-refractivity contribution in [2.45, 2.75) is 26.6 Å². The van der Waals surface area contributed by atoms with Crippen LogP contribution in [-0.4, -0.2) is 12.3 Å². The number of aryl methyl sites for hydroxylation is 1. The normalized spacial score (nSPS) is 17.0. The third kappa shape index (κ3) is 2.04. The molecule has 0 aromatic heterocycles. The molecule has 2 rings (SSSR count). The molecule has 1 heterocycles. The predicted octanol–water partition coefficient (Wildman–Crippen LogP) is 2.47. The zero-order chi connectivity index (χ0) is 11.8. The quantitative estimate of drug-likeness (QED) is 0.831. The van der Waals surface area contributed by atoms with Crippen LogP contribution in [0.4, 0.5) is 0 Å². The fourth-order valence-electron chi connectivity index (χ4n) is 1.76. The molecule has 1 aliphatic heterocycles. The first-order valence-electron chi connectivity index (χ1n) is 5.41. The molecule has 0 unspecified atom stereocenters. The molecule has 0 radical (unpaired) electrons. The van der Waals surface area contributed by atoms with Gasteiger partial charge in [0.15, 0.2) is 11.5 Å². The Morgan fingerprint density at radius 1 is 1.25 bits per heavy atom. The van der Waals surface area contributed by atoms with Gasteiger partial charge in [0.25, 0.3) is 0 Å². The number of benzene rings is 1. The van der Waals surface area contributed by atoms with Crippen molar-refractivity contribution >= 4 is 6.08 Å². The van der Waals surface area contributed by atoms with Crippen LogP contribution in [0.2, 0.25) is 0 Å². The Kier molecular flexibility index (Phi) is 2.64. The summed E-state index contributed by atoms with van der Waals surface area (Å²) < 4.78 is 11.3. The number of nitrogens with two attached hydrogens (primary N) is 1. The predicted molar refractivity (Wildman–Crippen MR) is 64.6 cm³/mol. The van der Waals surface area contributed by atoms with Crippen molar-refractivity contribution in [2.75, 3.05) is 6.54 Å². The van der Waals surface area contributed by atoms with E-state index in [2.05, 4.69) is 0 Å². The largest absolute Gasteiger partial charge is 0.449 e. The van der Waals surface area contributed by atoms with Gasteiger partial charge in [0.1, 0.15) is 0 Å². The first-order valence-corrected chi connectivity index (χ1v) is 5.41. The molecule has 0 fully saturated rings. The van der Waals surface area contributed by atoms with Crippen LogP contribution in [0, 0.1) is 6.92 Å². The maximum Gasteiger partial charge on any atom is 0.246 e. The fraction of sp³-hybridized carbons (Fsp3) is 0.385. The Balaban J connectivity index is 2.37. The van der Waals surface area contributed by atoms with Crippen molar-refractivity contribution in [2.24, 2.45) is 5.73 Å². The highest BCUT2D eigenvalue weighted by Crippen LogP contribution is 2.41. The van der Waals surface area contributed by atoms with Gasteiger partial charge in [0.2, 0.25) is 5.79 Å². The van der Waals surface area contributed by atoms with Crippen LogP contribution in [-0.2, 0) is 0 Å². The van der Waals surface area contributed by atoms with Crippen molar-refractivity contribution in [1.82, 2.24) is 0 Å². The molecular weight excluding hydrogens is 202 g/mol. The second-order valence-corrected chi connectivity index (χ2v) is 4.40. The molecule has 1 aromatic rings. The Labute approximate surface area is 95.9 Å². The Hall–Kier alpha value is -1.48. The molecule has 0 bridgehead atoms. The molecule has 2 N–H and O–H groups in total. The van der Waals surface area contributed by atoms with Gasteiger partial charge in [-0.25, -0.2) is 0 Å². The van der Waals surface area contributed by atoms with Gasteiger partial charge in [0, 0.05) is 20.4 Å². The topological polar surface area (TPSA) is 44.5 Å². The highest BCUT2D eigenvalue weighted by molar-refractivity contribution is 5.60. The van der Waals surface area contributed by atoms with Gasteiger partial charge in [-0.2, -0.15) is 0 Å². The summed E-state index contributed by atoms with van der Waals surface area (Å²) >= 11 is 0. The van der Waals surface area contributed by atoms with E-state index in [0.717, 1.165) is 22.6 Å². The molecule has 16 heavy (non-hydrogen) atoms. The summed E-state index contributed by atoms with van der Waals surface area (Å²) in [6.45, 7) is 6.39. The second kappa shape index (κ2) is 3.83. The van der Waals surface area contributed by atoms with Crippen molar-refractivity contribution in [3.05, 3.63) is 29.3 Å². The molecule has 1 aromatic carbocycles. The van der Waals surface area contributed by atoms with E-state index in [-0.39, 0.29) is 0 Å². The second-order valence-electron chi connectivity index (χ2n) is 4.40. The van der Waals surface area contributed by atoms with Gasteiger partial charge in [0.05, 0.1) is 0 Å². The van der Waals surface area contributed by atoms with Crippen molar-refractivity contribution < 1.29 is 9.47 Å². The zero-order valence-corrected chi connectivity index (χ0v) is 9.91. The summed E-state index contributed by atoms with van der Waals surface area (Å²) in [5, 5.41) is 0. The van der Waals surface area contributed by atoms with Gasteiger partial charge < -0.3 is 15.2 Å². The van der Waals surface area contributed by atoms with E-state index < -0.39 is 5.79 Å². The highest BCUT2D eigenvalue weighted by Gasteiger charge is 2.31. The van der Waals surface area contributed by atoms with E-state index >= 15 is 0 Å². The standard InChI is InChI=1S/C13H17NO2/c1-9-7-11-12(16-13(2,3)15-11)8-10(9)5-4-6-14/h4-5,7-8H,6,14H2,1-3H3/b5-4+. The van der Waals surface area contributed by atoms with E-state index in [9.17, 15) is 0 Å². The van der Waals surface area contributed by atoms with Crippen molar-refractivity contribution in [3.63, 3.8) is 0 Å². The molecule has 0 spiro atoms. The van der Waals surface area contributed by atoms with Crippen molar-refractivity contribution in [1.29, 1.82) is 0 Å². The number of hydrogen-bond donors (Lipinski definition) is 1. The molecule has 0 amide bonds. The molecule has 0 aliphatic carbocycles. The van der Waals surface area contributed by atoms with Crippen LogP contribution in [0.25, 0.3) is 6.08 Å².